The first-order valence-corrected chi connectivity index (χ1v) is 15.5. The number of aryl methyl sites for hydroxylation is 1. The van der Waals surface area contributed by atoms with Gasteiger partial charge in [-0.2, -0.15) is 13.2 Å². The molecule has 1 amide bonds. The lowest BCUT2D eigenvalue weighted by Gasteiger charge is -2.23. The average molecular weight is 690 g/mol. The fourth-order valence-electron chi connectivity index (χ4n) is 4.42. The van der Waals surface area contributed by atoms with Gasteiger partial charge < -0.3 is 25.4 Å². The second-order valence-corrected chi connectivity index (χ2v) is 11.2. The first kappa shape index (κ1) is 40.2. The average Bonchev–Trinajstić information content (AvgIpc) is 3.03. The lowest BCUT2D eigenvalue weighted by atomic mass is 10.1. The maximum Gasteiger partial charge on any atom is 0.416 e. The first-order valence-electron chi connectivity index (χ1n) is 15.5. The van der Waals surface area contributed by atoms with Gasteiger partial charge in [0.1, 0.15) is 5.75 Å². The van der Waals surface area contributed by atoms with Crippen molar-refractivity contribution in [2.75, 3.05) is 19.8 Å². The molecular formula is C35H42F3N3O8. The molecule has 266 valence electrons. The van der Waals surface area contributed by atoms with E-state index in [0.717, 1.165) is 42.5 Å². The number of unbranched alkanes of at least 4 members (excludes halogenated alkanes) is 2. The van der Waals surface area contributed by atoms with Crippen molar-refractivity contribution in [1.82, 2.24) is 15.5 Å². The van der Waals surface area contributed by atoms with Crippen LogP contribution in [-0.2, 0) is 44.9 Å². The molecule has 14 heteroatoms. The molecule has 3 rings (SSSR count). The van der Waals surface area contributed by atoms with Crippen LogP contribution in [0.1, 0.15) is 54.0 Å². The van der Waals surface area contributed by atoms with Crippen molar-refractivity contribution in [3.8, 4) is 5.75 Å². The molecule has 0 saturated heterocycles. The Hall–Kier alpha value is -4.95. The molecule has 5 N–H and O–H groups in total. The Morgan fingerprint density at radius 2 is 1.45 bits per heavy atom. The third kappa shape index (κ3) is 16.1. The molecule has 0 bridgehead atoms. The van der Waals surface area contributed by atoms with Crippen molar-refractivity contribution in [2.45, 2.75) is 64.9 Å². The van der Waals surface area contributed by atoms with Crippen LogP contribution in [0.5, 0.6) is 5.75 Å². The summed E-state index contributed by atoms with van der Waals surface area (Å²) in [6, 6.07) is 18.7. The monoisotopic (exact) mass is 689 g/mol. The van der Waals surface area contributed by atoms with Crippen LogP contribution in [-0.4, -0.2) is 69.9 Å². The predicted octanol–water partition coefficient (Wildman–Crippen LogP) is 5.10. The zero-order valence-corrected chi connectivity index (χ0v) is 27.3. The number of nitrogens with one attached hydrogen (secondary N) is 2. The number of carboxylic acids is 3. The number of carbonyl (C=O) groups excluding carboxylic acids is 1. The molecule has 49 heavy (non-hydrogen) atoms. The standard InChI is InChI=1S/C25H32F3N3O3.C10H10O5/c1-2-3-4-12-30-23(32)15-29-18-31(16-20-10-8-19(9-11-20)14-24(33)34)17-21-6-5-7-22(13-21)25(26,27)28;1-6-2-4-7(5-3-6)15-8(9(11)12)10(13)14/h5-11,13,29H,2-4,12,14-18H2,1H3,(H,30,32)(H,33,34);2-5,8H,1H3,(H,11,12)(H,13,14). The maximum atomic E-state index is 13.1. The van der Waals surface area contributed by atoms with Crippen molar-refractivity contribution in [1.29, 1.82) is 0 Å². The van der Waals surface area contributed by atoms with Crippen molar-refractivity contribution < 1.29 is 52.4 Å². The van der Waals surface area contributed by atoms with Gasteiger partial charge in [0.2, 0.25) is 5.91 Å². The van der Waals surface area contributed by atoms with Crippen molar-refractivity contribution >= 4 is 23.8 Å². The van der Waals surface area contributed by atoms with Crippen molar-refractivity contribution in [2.24, 2.45) is 0 Å². The number of alkyl halides is 3. The second kappa shape index (κ2) is 20.4. The van der Waals surface area contributed by atoms with Crippen LogP contribution in [0, 0.1) is 6.92 Å². The third-order valence-electron chi connectivity index (χ3n) is 6.89. The van der Waals surface area contributed by atoms with Gasteiger partial charge in [-0.25, -0.2) is 9.59 Å². The molecule has 0 aromatic heterocycles. The van der Waals surface area contributed by atoms with E-state index >= 15 is 0 Å². The third-order valence-corrected chi connectivity index (χ3v) is 6.89. The van der Waals surface area contributed by atoms with Crippen LogP contribution in [0.4, 0.5) is 13.2 Å². The van der Waals surface area contributed by atoms with E-state index in [0.29, 0.717) is 24.2 Å². The Kier molecular flexibility index (Phi) is 16.8. The highest BCUT2D eigenvalue weighted by Crippen LogP contribution is 2.30. The van der Waals surface area contributed by atoms with E-state index in [4.69, 9.17) is 20.1 Å². The molecule has 0 atom stereocenters. The van der Waals surface area contributed by atoms with E-state index in [1.165, 1.54) is 18.2 Å². The summed E-state index contributed by atoms with van der Waals surface area (Å²) in [6.07, 6.45) is -3.34. The van der Waals surface area contributed by atoms with Gasteiger partial charge in [-0.1, -0.05) is 79.9 Å². The summed E-state index contributed by atoms with van der Waals surface area (Å²) >= 11 is 0. The second-order valence-electron chi connectivity index (χ2n) is 11.2. The number of ether oxygens (including phenoxy) is 1. The summed E-state index contributed by atoms with van der Waals surface area (Å²) in [5.41, 5.74) is 2.32. The normalized spacial score (nSPS) is 11.1. The molecule has 0 heterocycles. The number of nitrogens with zero attached hydrogens (tertiary/aromatic N) is 1. The highest BCUT2D eigenvalue weighted by atomic mass is 19.4. The quantitative estimate of drug-likeness (QED) is 0.0690. The summed E-state index contributed by atoms with van der Waals surface area (Å²) in [5.74, 6) is -3.88. The molecule has 11 nitrogen and oxygen atoms in total. The van der Waals surface area contributed by atoms with Gasteiger partial charge in [-0.05, 0) is 48.2 Å². The summed E-state index contributed by atoms with van der Waals surface area (Å²) in [5, 5.41) is 31.9. The number of hydrogen-bond donors (Lipinski definition) is 5. The van der Waals surface area contributed by atoms with E-state index in [9.17, 15) is 32.3 Å². The Morgan fingerprint density at radius 1 is 0.837 bits per heavy atom. The largest absolute Gasteiger partial charge is 0.481 e. The van der Waals surface area contributed by atoms with Crippen LogP contribution < -0.4 is 15.4 Å². The molecular weight excluding hydrogens is 647 g/mol. The van der Waals surface area contributed by atoms with Crippen molar-refractivity contribution in [3.05, 3.63) is 101 Å². The fourth-order valence-corrected chi connectivity index (χ4v) is 4.42. The van der Waals surface area contributed by atoms with Crippen LogP contribution >= 0.6 is 0 Å². The summed E-state index contributed by atoms with van der Waals surface area (Å²) < 4.78 is 44.1. The molecule has 0 fully saturated rings. The van der Waals surface area contributed by atoms with Gasteiger partial charge >= 0.3 is 24.1 Å². The van der Waals surface area contributed by atoms with Gasteiger partial charge in [0.05, 0.1) is 18.5 Å². The minimum atomic E-state index is -4.42. The minimum absolute atomic E-state index is 0.0802. The van der Waals surface area contributed by atoms with Gasteiger partial charge in [0.25, 0.3) is 6.10 Å². The smallest absolute Gasteiger partial charge is 0.416 e. The number of rotatable bonds is 18. The molecule has 0 spiro atoms. The Balaban J connectivity index is 0.000000462. The lowest BCUT2D eigenvalue weighted by Crippen LogP contribution is -2.40. The molecule has 0 aliphatic rings. The molecule has 3 aromatic rings. The minimum Gasteiger partial charge on any atom is -0.481 e. The van der Waals surface area contributed by atoms with E-state index in [1.807, 2.05) is 11.8 Å². The van der Waals surface area contributed by atoms with E-state index < -0.39 is 35.8 Å². The number of carboxylic acid groups (broad SMARTS) is 3. The molecule has 3 aromatic carbocycles. The highest BCUT2D eigenvalue weighted by molar-refractivity contribution is 5.96. The Bertz CT molecular complexity index is 1490. The number of amides is 1. The fraction of sp³-hybridized carbons (Fsp3) is 0.371. The lowest BCUT2D eigenvalue weighted by molar-refractivity contribution is -0.159. The number of benzene rings is 3. The molecule has 0 aliphatic carbocycles. The predicted molar refractivity (Wildman–Crippen MR) is 175 cm³/mol. The van der Waals surface area contributed by atoms with E-state index in [-0.39, 0.29) is 37.8 Å². The van der Waals surface area contributed by atoms with Gasteiger partial charge in [0.15, 0.2) is 0 Å². The van der Waals surface area contributed by atoms with Crippen LogP contribution in [0.15, 0.2) is 72.8 Å². The van der Waals surface area contributed by atoms with E-state index in [2.05, 4.69) is 17.6 Å². The zero-order chi connectivity index (χ0) is 36.4. The zero-order valence-electron chi connectivity index (χ0n) is 27.3. The molecule has 0 unspecified atom stereocenters. The van der Waals surface area contributed by atoms with Crippen LogP contribution in [0.25, 0.3) is 0 Å². The van der Waals surface area contributed by atoms with Crippen molar-refractivity contribution in [3.63, 3.8) is 0 Å². The topological polar surface area (TPSA) is 165 Å². The number of carbonyl (C=O) groups is 4. The maximum absolute atomic E-state index is 13.1. The Morgan fingerprint density at radius 3 is 2.02 bits per heavy atom. The van der Waals surface area contributed by atoms with E-state index in [1.54, 1.807) is 42.5 Å². The SMILES string of the molecule is CCCCCNC(=O)CNCN(Cc1ccc(CC(=O)O)cc1)Cc1cccc(C(F)(F)F)c1.Cc1ccc(OC(C(=O)O)C(=O)O)cc1. The Labute approximate surface area is 282 Å². The van der Waals surface area contributed by atoms with Gasteiger partial charge in [-0.3, -0.25) is 19.8 Å². The summed E-state index contributed by atoms with van der Waals surface area (Å²) in [6.45, 7) is 5.60. The highest BCUT2D eigenvalue weighted by Gasteiger charge is 2.30. The molecule has 0 saturated carbocycles. The van der Waals surface area contributed by atoms with Crippen LogP contribution in [0.2, 0.25) is 0 Å². The van der Waals surface area contributed by atoms with Gasteiger partial charge in [0, 0.05) is 26.3 Å². The molecule has 0 aliphatic heterocycles. The van der Waals surface area contributed by atoms with Gasteiger partial charge in [-0.15, -0.1) is 0 Å². The molecule has 0 radical (unpaired) electrons. The van der Waals surface area contributed by atoms with Crippen LogP contribution in [0.3, 0.4) is 0 Å². The number of aliphatic carboxylic acids is 3. The summed E-state index contributed by atoms with van der Waals surface area (Å²) in [7, 11) is 0. The first-order chi connectivity index (χ1) is 23.2. The number of hydrogen-bond acceptors (Lipinski definition) is 7. The summed E-state index contributed by atoms with van der Waals surface area (Å²) in [4.78, 5) is 45.8. The number of halogens is 3.